The number of nitrogens with two attached hydrogens (primary N) is 1. The summed E-state index contributed by atoms with van der Waals surface area (Å²) in [6, 6.07) is 6.69. The Bertz CT molecular complexity index is 721. The molecule has 0 aliphatic rings. The van der Waals surface area contributed by atoms with E-state index < -0.39 is 0 Å². The Kier molecular flexibility index (Phi) is 2.34. The maximum atomic E-state index is 9.24. The molecule has 3 aromatic rings. The van der Waals surface area contributed by atoms with E-state index in [1.807, 2.05) is 0 Å². The zero-order valence-electron chi connectivity index (χ0n) is 9.18. The van der Waals surface area contributed by atoms with Gasteiger partial charge in [-0.25, -0.2) is 9.97 Å². The van der Waals surface area contributed by atoms with E-state index in [1.54, 1.807) is 24.3 Å². The maximum absolute atomic E-state index is 9.24. The summed E-state index contributed by atoms with van der Waals surface area (Å²) in [5.41, 5.74) is 8.25. The van der Waals surface area contributed by atoms with Crippen LogP contribution in [0.25, 0.3) is 22.6 Å². The summed E-state index contributed by atoms with van der Waals surface area (Å²) in [5, 5.41) is 9.64. The summed E-state index contributed by atoms with van der Waals surface area (Å²) in [6.07, 6.45) is 1.47. The van der Waals surface area contributed by atoms with E-state index in [9.17, 15) is 5.11 Å². The van der Waals surface area contributed by atoms with E-state index in [0.29, 0.717) is 27.7 Å². The number of nitrogens with zero attached hydrogens (tertiary/aromatic N) is 2. The van der Waals surface area contributed by atoms with Crippen molar-refractivity contribution in [1.82, 2.24) is 15.0 Å². The van der Waals surface area contributed by atoms with Crippen molar-refractivity contribution in [2.24, 2.45) is 0 Å². The molecule has 0 atom stereocenters. The molecule has 0 fully saturated rings. The Morgan fingerprint density at radius 2 is 1.94 bits per heavy atom. The number of pyridine rings is 1. The summed E-state index contributed by atoms with van der Waals surface area (Å²) in [7, 11) is 0. The molecule has 0 saturated heterocycles. The molecule has 0 spiro atoms. The fraction of sp³-hybridized carbons (Fsp3) is 0. The summed E-state index contributed by atoms with van der Waals surface area (Å²) in [4.78, 5) is 11.5. The number of phenolic OH excluding ortho intramolecular Hbond substituents is 1. The summed E-state index contributed by atoms with van der Waals surface area (Å²) >= 11 is 5.90. The van der Waals surface area contributed by atoms with E-state index in [2.05, 4.69) is 15.0 Å². The van der Waals surface area contributed by atoms with Crippen LogP contribution in [-0.2, 0) is 0 Å². The van der Waals surface area contributed by atoms with Crippen LogP contribution >= 0.6 is 11.6 Å². The average molecular weight is 261 g/mol. The molecule has 2 aromatic heterocycles. The largest absolute Gasteiger partial charge is 0.508 e. The van der Waals surface area contributed by atoms with Gasteiger partial charge >= 0.3 is 0 Å². The Balaban J connectivity index is 2.19. The number of hydrogen-bond acceptors (Lipinski definition) is 4. The zero-order valence-corrected chi connectivity index (χ0v) is 9.94. The highest BCUT2D eigenvalue weighted by molar-refractivity contribution is 6.34. The number of imidazole rings is 1. The molecule has 3 rings (SSSR count). The van der Waals surface area contributed by atoms with Gasteiger partial charge in [-0.3, -0.25) is 0 Å². The Morgan fingerprint density at radius 3 is 2.67 bits per heavy atom. The number of anilines is 1. The number of aromatic amines is 1. The third kappa shape index (κ3) is 1.65. The van der Waals surface area contributed by atoms with Crippen molar-refractivity contribution in [2.75, 3.05) is 5.73 Å². The molecule has 0 saturated carbocycles. The third-order valence-electron chi connectivity index (χ3n) is 2.65. The Hall–Kier alpha value is -2.27. The summed E-state index contributed by atoms with van der Waals surface area (Å²) in [6.45, 7) is 0. The second-order valence-electron chi connectivity index (χ2n) is 3.85. The molecule has 4 N–H and O–H groups in total. The molecule has 0 aliphatic carbocycles. The van der Waals surface area contributed by atoms with Crippen molar-refractivity contribution >= 4 is 28.5 Å². The van der Waals surface area contributed by atoms with Gasteiger partial charge in [0, 0.05) is 5.56 Å². The van der Waals surface area contributed by atoms with Crippen molar-refractivity contribution in [3.8, 4) is 17.1 Å². The first-order valence-corrected chi connectivity index (χ1v) is 5.62. The lowest BCUT2D eigenvalue weighted by Gasteiger charge is -1.97. The summed E-state index contributed by atoms with van der Waals surface area (Å²) < 4.78 is 0. The third-order valence-corrected chi connectivity index (χ3v) is 2.95. The van der Waals surface area contributed by atoms with E-state index in [-0.39, 0.29) is 5.75 Å². The standard InChI is InChI=1S/C12H9ClN4O/c13-8-5-15-12-10(9(8)14)16-11(17-12)6-1-3-7(18)4-2-6/h1-5,18H,(H3,14,15,16,17). The number of halogens is 1. The highest BCUT2D eigenvalue weighted by Gasteiger charge is 2.10. The zero-order chi connectivity index (χ0) is 12.7. The number of nitrogen functional groups attached to an aromatic ring is 1. The average Bonchev–Trinajstić information content (AvgIpc) is 2.80. The predicted molar refractivity (Wildman–Crippen MR) is 70.4 cm³/mol. The second kappa shape index (κ2) is 3.89. The highest BCUT2D eigenvalue weighted by Crippen LogP contribution is 2.28. The van der Waals surface area contributed by atoms with Crippen LogP contribution in [0.1, 0.15) is 0 Å². The topological polar surface area (TPSA) is 87.8 Å². The number of rotatable bonds is 1. The van der Waals surface area contributed by atoms with Gasteiger partial charge in [0.25, 0.3) is 0 Å². The van der Waals surface area contributed by atoms with Gasteiger partial charge in [0.2, 0.25) is 0 Å². The fourth-order valence-corrected chi connectivity index (χ4v) is 1.85. The van der Waals surface area contributed by atoms with Crippen LogP contribution in [0, 0.1) is 0 Å². The molecule has 18 heavy (non-hydrogen) atoms. The normalized spacial score (nSPS) is 10.9. The first-order chi connectivity index (χ1) is 8.65. The van der Waals surface area contributed by atoms with Crippen LogP contribution in [-0.4, -0.2) is 20.1 Å². The van der Waals surface area contributed by atoms with Crippen molar-refractivity contribution in [3.05, 3.63) is 35.5 Å². The number of hydrogen-bond donors (Lipinski definition) is 3. The first-order valence-electron chi connectivity index (χ1n) is 5.24. The van der Waals surface area contributed by atoms with E-state index >= 15 is 0 Å². The number of H-pyrrole nitrogens is 1. The lowest BCUT2D eigenvalue weighted by molar-refractivity contribution is 0.475. The highest BCUT2D eigenvalue weighted by atomic mass is 35.5. The number of aromatic nitrogens is 3. The second-order valence-corrected chi connectivity index (χ2v) is 4.26. The number of phenols is 1. The van der Waals surface area contributed by atoms with Crippen molar-refractivity contribution in [1.29, 1.82) is 0 Å². The van der Waals surface area contributed by atoms with Gasteiger partial charge in [0.05, 0.1) is 16.9 Å². The molecule has 0 radical (unpaired) electrons. The minimum absolute atomic E-state index is 0.204. The molecule has 0 unspecified atom stereocenters. The molecule has 90 valence electrons. The SMILES string of the molecule is Nc1c(Cl)cnc2nc(-c3ccc(O)cc3)[nH]c12. The smallest absolute Gasteiger partial charge is 0.180 e. The molecular weight excluding hydrogens is 252 g/mol. The van der Waals surface area contributed by atoms with E-state index in [1.165, 1.54) is 6.20 Å². The van der Waals surface area contributed by atoms with Gasteiger partial charge in [-0.05, 0) is 24.3 Å². The van der Waals surface area contributed by atoms with Crippen LogP contribution in [0.15, 0.2) is 30.5 Å². The Morgan fingerprint density at radius 1 is 1.22 bits per heavy atom. The summed E-state index contributed by atoms with van der Waals surface area (Å²) in [5.74, 6) is 0.835. The van der Waals surface area contributed by atoms with Gasteiger partial charge in [0.15, 0.2) is 5.65 Å². The van der Waals surface area contributed by atoms with Crippen LogP contribution in [0.5, 0.6) is 5.75 Å². The molecule has 6 heteroatoms. The van der Waals surface area contributed by atoms with Crippen molar-refractivity contribution < 1.29 is 5.11 Å². The lowest BCUT2D eigenvalue weighted by atomic mass is 10.2. The number of benzene rings is 1. The molecular formula is C12H9ClN4O. The first kappa shape index (κ1) is 10.9. The van der Waals surface area contributed by atoms with Gasteiger partial charge in [-0.2, -0.15) is 0 Å². The molecule has 2 heterocycles. The molecule has 0 aliphatic heterocycles. The molecule has 0 amide bonds. The Labute approximate surface area is 107 Å². The van der Waals surface area contributed by atoms with Crippen LogP contribution in [0.2, 0.25) is 5.02 Å². The van der Waals surface area contributed by atoms with Crippen molar-refractivity contribution in [3.63, 3.8) is 0 Å². The molecule has 1 aromatic carbocycles. The minimum Gasteiger partial charge on any atom is -0.508 e. The van der Waals surface area contributed by atoms with Gasteiger partial charge in [-0.1, -0.05) is 11.6 Å². The number of fused-ring (bicyclic) bond motifs is 1. The molecule has 5 nitrogen and oxygen atoms in total. The van der Waals surface area contributed by atoms with Gasteiger partial charge in [-0.15, -0.1) is 0 Å². The lowest BCUT2D eigenvalue weighted by Crippen LogP contribution is -1.89. The minimum atomic E-state index is 0.204. The van der Waals surface area contributed by atoms with Crippen LogP contribution in [0.3, 0.4) is 0 Å². The number of nitrogens with one attached hydrogen (secondary N) is 1. The van der Waals surface area contributed by atoms with E-state index in [4.69, 9.17) is 17.3 Å². The fourth-order valence-electron chi connectivity index (χ4n) is 1.71. The van der Waals surface area contributed by atoms with Crippen LogP contribution < -0.4 is 5.73 Å². The van der Waals surface area contributed by atoms with E-state index in [0.717, 1.165) is 5.56 Å². The predicted octanol–water partition coefficient (Wildman–Crippen LogP) is 2.57. The van der Waals surface area contributed by atoms with Crippen molar-refractivity contribution in [2.45, 2.75) is 0 Å². The quantitative estimate of drug-likeness (QED) is 0.627. The maximum Gasteiger partial charge on any atom is 0.180 e. The molecule has 0 bridgehead atoms. The van der Waals surface area contributed by atoms with Gasteiger partial charge < -0.3 is 15.8 Å². The number of aromatic hydroxyl groups is 1. The van der Waals surface area contributed by atoms with Crippen LogP contribution in [0.4, 0.5) is 5.69 Å². The van der Waals surface area contributed by atoms with Gasteiger partial charge in [0.1, 0.15) is 17.1 Å². The monoisotopic (exact) mass is 260 g/mol.